The summed E-state index contributed by atoms with van der Waals surface area (Å²) >= 11 is 0. The van der Waals surface area contributed by atoms with Crippen molar-refractivity contribution in [2.24, 2.45) is 0 Å². The summed E-state index contributed by atoms with van der Waals surface area (Å²) < 4.78 is 38.1. The predicted molar refractivity (Wildman–Crippen MR) is 73.6 cm³/mol. The van der Waals surface area contributed by atoms with E-state index in [0.717, 1.165) is 25.0 Å². The molecule has 0 spiro atoms. The molecule has 2 N–H and O–H groups in total. The minimum absolute atomic E-state index is 0.335. The Balaban J connectivity index is 2.04. The van der Waals surface area contributed by atoms with Gasteiger partial charge in [-0.1, -0.05) is 6.07 Å². The average molecular weight is 293 g/mol. The van der Waals surface area contributed by atoms with Crippen LogP contribution in [0.25, 0.3) is 11.3 Å². The Morgan fingerprint density at radius 2 is 1.86 bits per heavy atom. The Hall–Kier alpha value is -2.11. The maximum absolute atomic E-state index is 12.7. The molecule has 0 radical (unpaired) electrons. The van der Waals surface area contributed by atoms with Gasteiger partial charge in [0.1, 0.15) is 11.6 Å². The maximum atomic E-state index is 12.7. The number of benzene rings is 1. The second-order valence-corrected chi connectivity index (χ2v) is 5.34. The van der Waals surface area contributed by atoms with Gasteiger partial charge in [0.15, 0.2) is 0 Å². The van der Waals surface area contributed by atoms with Crippen molar-refractivity contribution in [2.75, 3.05) is 5.73 Å². The monoisotopic (exact) mass is 293 g/mol. The van der Waals surface area contributed by atoms with E-state index in [1.54, 1.807) is 13.0 Å². The number of halogens is 3. The molecule has 0 aliphatic heterocycles. The highest BCUT2D eigenvalue weighted by Crippen LogP contribution is 2.39. The fourth-order valence-corrected chi connectivity index (χ4v) is 2.27. The third-order valence-corrected chi connectivity index (χ3v) is 3.54. The number of alkyl halides is 3. The number of rotatable bonds is 2. The number of nitrogen functional groups attached to an aromatic ring is 1. The van der Waals surface area contributed by atoms with E-state index in [0.29, 0.717) is 34.4 Å². The Morgan fingerprint density at radius 3 is 2.43 bits per heavy atom. The van der Waals surface area contributed by atoms with Crippen molar-refractivity contribution in [3.8, 4) is 11.3 Å². The molecule has 0 unspecified atom stereocenters. The topological polar surface area (TPSA) is 51.8 Å². The molecule has 1 aliphatic rings. The molecule has 3 rings (SSSR count). The van der Waals surface area contributed by atoms with Gasteiger partial charge in [-0.25, -0.2) is 9.97 Å². The fraction of sp³-hybridized carbons (Fsp3) is 0.333. The summed E-state index contributed by atoms with van der Waals surface area (Å²) in [6, 6.07) is 5.24. The lowest BCUT2D eigenvalue weighted by Gasteiger charge is -2.12. The quantitative estimate of drug-likeness (QED) is 0.912. The number of hydrogen-bond acceptors (Lipinski definition) is 3. The van der Waals surface area contributed by atoms with Gasteiger partial charge >= 0.3 is 6.18 Å². The van der Waals surface area contributed by atoms with Crippen LogP contribution in [0.1, 0.15) is 35.7 Å². The molecule has 6 heteroatoms. The van der Waals surface area contributed by atoms with Crippen LogP contribution in [0.15, 0.2) is 24.3 Å². The van der Waals surface area contributed by atoms with E-state index in [2.05, 4.69) is 9.97 Å². The maximum Gasteiger partial charge on any atom is 0.416 e. The van der Waals surface area contributed by atoms with Crippen molar-refractivity contribution in [3.05, 3.63) is 41.2 Å². The number of hydrogen-bond donors (Lipinski definition) is 1. The molecule has 1 heterocycles. The van der Waals surface area contributed by atoms with Crippen molar-refractivity contribution in [3.63, 3.8) is 0 Å². The fourth-order valence-electron chi connectivity index (χ4n) is 2.27. The molecule has 0 saturated heterocycles. The first-order valence-corrected chi connectivity index (χ1v) is 6.67. The van der Waals surface area contributed by atoms with Crippen LogP contribution in [0, 0.1) is 6.92 Å². The standard InChI is InChI=1S/C15H14F3N3/c1-8-6-10(15(16,17)18)4-5-11(8)12-7-13(19)21-14(20-12)9-2-3-9/h4-7,9H,2-3H2,1H3,(H2,19,20,21). The van der Waals surface area contributed by atoms with E-state index < -0.39 is 11.7 Å². The summed E-state index contributed by atoms with van der Waals surface area (Å²) in [4.78, 5) is 8.64. The third-order valence-electron chi connectivity index (χ3n) is 3.54. The Bertz CT molecular complexity index is 691. The predicted octanol–water partition coefficient (Wildman–Crippen LogP) is 3.93. The van der Waals surface area contributed by atoms with Crippen LogP contribution in [0.3, 0.4) is 0 Å². The summed E-state index contributed by atoms with van der Waals surface area (Å²) in [7, 11) is 0. The molecule has 2 aromatic rings. The second kappa shape index (κ2) is 4.72. The van der Waals surface area contributed by atoms with Gasteiger partial charge in [-0.05, 0) is 37.5 Å². The highest BCUT2D eigenvalue weighted by atomic mass is 19.4. The minimum atomic E-state index is -4.34. The first-order valence-electron chi connectivity index (χ1n) is 6.67. The van der Waals surface area contributed by atoms with E-state index in [-0.39, 0.29) is 0 Å². The molecule has 1 fully saturated rings. The number of nitrogens with zero attached hydrogens (tertiary/aromatic N) is 2. The van der Waals surface area contributed by atoms with Crippen LogP contribution in [0.5, 0.6) is 0 Å². The molecular weight excluding hydrogens is 279 g/mol. The zero-order valence-corrected chi connectivity index (χ0v) is 11.4. The van der Waals surface area contributed by atoms with Gasteiger partial charge in [0.05, 0.1) is 11.3 Å². The van der Waals surface area contributed by atoms with Gasteiger partial charge in [-0.15, -0.1) is 0 Å². The van der Waals surface area contributed by atoms with Crippen molar-refractivity contribution < 1.29 is 13.2 Å². The highest BCUT2D eigenvalue weighted by molar-refractivity contribution is 5.66. The lowest BCUT2D eigenvalue weighted by molar-refractivity contribution is -0.137. The largest absolute Gasteiger partial charge is 0.416 e. The van der Waals surface area contributed by atoms with E-state index >= 15 is 0 Å². The van der Waals surface area contributed by atoms with E-state index in [1.807, 2.05) is 0 Å². The molecule has 21 heavy (non-hydrogen) atoms. The van der Waals surface area contributed by atoms with Gasteiger partial charge in [0.2, 0.25) is 0 Å². The first-order chi connectivity index (χ1) is 9.84. The molecule has 1 aliphatic carbocycles. The lowest BCUT2D eigenvalue weighted by Crippen LogP contribution is -2.06. The van der Waals surface area contributed by atoms with Gasteiger partial charge in [0.25, 0.3) is 0 Å². The summed E-state index contributed by atoms with van der Waals surface area (Å²) in [5, 5.41) is 0. The SMILES string of the molecule is Cc1cc(C(F)(F)F)ccc1-c1cc(N)nc(C2CC2)n1. The van der Waals surface area contributed by atoms with Crippen LogP contribution < -0.4 is 5.73 Å². The number of aryl methyl sites for hydroxylation is 1. The number of anilines is 1. The average Bonchev–Trinajstić information content (AvgIpc) is 3.20. The summed E-state index contributed by atoms with van der Waals surface area (Å²) in [6.07, 6.45) is -2.27. The number of aromatic nitrogens is 2. The highest BCUT2D eigenvalue weighted by Gasteiger charge is 2.31. The normalized spacial score (nSPS) is 15.2. The van der Waals surface area contributed by atoms with Gasteiger partial charge in [0, 0.05) is 17.5 Å². The smallest absolute Gasteiger partial charge is 0.384 e. The van der Waals surface area contributed by atoms with Crippen molar-refractivity contribution in [1.82, 2.24) is 9.97 Å². The van der Waals surface area contributed by atoms with Gasteiger partial charge in [-0.3, -0.25) is 0 Å². The Labute approximate surface area is 120 Å². The second-order valence-electron chi connectivity index (χ2n) is 5.34. The number of nitrogens with two attached hydrogens (primary N) is 1. The van der Waals surface area contributed by atoms with Crippen molar-refractivity contribution >= 4 is 5.82 Å². The van der Waals surface area contributed by atoms with E-state index in [9.17, 15) is 13.2 Å². The Morgan fingerprint density at radius 1 is 1.14 bits per heavy atom. The zero-order chi connectivity index (χ0) is 15.2. The summed E-state index contributed by atoms with van der Waals surface area (Å²) in [5.41, 5.74) is 6.87. The molecule has 3 nitrogen and oxygen atoms in total. The van der Waals surface area contributed by atoms with Gasteiger partial charge in [-0.2, -0.15) is 13.2 Å². The molecule has 0 bridgehead atoms. The molecule has 1 aromatic carbocycles. The molecule has 1 aromatic heterocycles. The molecule has 1 saturated carbocycles. The molecular formula is C15H14F3N3. The third kappa shape index (κ3) is 2.84. The molecule has 110 valence electrons. The zero-order valence-electron chi connectivity index (χ0n) is 11.4. The van der Waals surface area contributed by atoms with Gasteiger partial charge < -0.3 is 5.73 Å². The summed E-state index contributed by atoms with van der Waals surface area (Å²) in [5.74, 6) is 1.37. The van der Waals surface area contributed by atoms with Crippen LogP contribution in [0.2, 0.25) is 0 Å². The van der Waals surface area contributed by atoms with E-state index in [4.69, 9.17) is 5.73 Å². The van der Waals surface area contributed by atoms with Crippen LogP contribution >= 0.6 is 0 Å². The van der Waals surface area contributed by atoms with Crippen LogP contribution in [-0.2, 0) is 6.18 Å². The Kier molecular flexibility index (Phi) is 3.11. The van der Waals surface area contributed by atoms with E-state index in [1.165, 1.54) is 6.07 Å². The van der Waals surface area contributed by atoms with Crippen LogP contribution in [-0.4, -0.2) is 9.97 Å². The molecule has 0 atom stereocenters. The summed E-state index contributed by atoms with van der Waals surface area (Å²) in [6.45, 7) is 1.64. The minimum Gasteiger partial charge on any atom is -0.384 e. The molecule has 0 amide bonds. The van der Waals surface area contributed by atoms with Crippen LogP contribution in [0.4, 0.5) is 19.0 Å². The van der Waals surface area contributed by atoms with Crippen molar-refractivity contribution in [1.29, 1.82) is 0 Å². The lowest BCUT2D eigenvalue weighted by atomic mass is 10.0. The van der Waals surface area contributed by atoms with Crippen molar-refractivity contribution in [2.45, 2.75) is 31.9 Å². The first kappa shape index (κ1) is 13.9.